The van der Waals surface area contributed by atoms with Gasteiger partial charge in [-0.2, -0.15) is 5.10 Å². The van der Waals surface area contributed by atoms with Crippen molar-refractivity contribution in [1.82, 2.24) is 29.6 Å². The molecule has 1 aliphatic heterocycles. The van der Waals surface area contributed by atoms with Crippen LogP contribution < -0.4 is 5.32 Å². The van der Waals surface area contributed by atoms with Crippen LogP contribution in [0, 0.1) is 12.8 Å². The van der Waals surface area contributed by atoms with Crippen LogP contribution >= 0.6 is 0 Å². The summed E-state index contributed by atoms with van der Waals surface area (Å²) in [6.45, 7) is 6.34. The highest BCUT2D eigenvalue weighted by Gasteiger charge is 2.21. The molecule has 4 heterocycles. The highest BCUT2D eigenvalue weighted by molar-refractivity contribution is 6.04. The topological polar surface area (TPSA) is 77.6 Å². The number of aromatic nitrogens is 5. The SMILES string of the molecule is Cc1cc(C(=O)NCC(C)Cn2cccn2)c2nc3n(c2n1)CCCCC3. The minimum Gasteiger partial charge on any atom is -0.352 e. The Morgan fingerprint density at radius 2 is 2.19 bits per heavy atom. The van der Waals surface area contributed by atoms with Gasteiger partial charge in [0, 0.05) is 44.1 Å². The summed E-state index contributed by atoms with van der Waals surface area (Å²) in [4.78, 5) is 22.4. The van der Waals surface area contributed by atoms with Crippen molar-refractivity contribution in [2.75, 3.05) is 6.54 Å². The Morgan fingerprint density at radius 1 is 1.30 bits per heavy atom. The number of carbonyl (C=O) groups is 1. The first-order valence-corrected chi connectivity index (χ1v) is 9.74. The number of fused-ring (bicyclic) bond motifs is 3. The second kappa shape index (κ2) is 7.50. The lowest BCUT2D eigenvalue weighted by atomic mass is 10.1. The summed E-state index contributed by atoms with van der Waals surface area (Å²) in [5, 5.41) is 7.29. The first-order chi connectivity index (χ1) is 13.1. The zero-order chi connectivity index (χ0) is 18.8. The number of pyridine rings is 1. The van der Waals surface area contributed by atoms with E-state index in [2.05, 4.69) is 26.9 Å². The second-order valence-corrected chi connectivity index (χ2v) is 7.52. The molecule has 3 aromatic heterocycles. The molecule has 7 heteroatoms. The van der Waals surface area contributed by atoms with Crippen LogP contribution in [0.15, 0.2) is 24.5 Å². The van der Waals surface area contributed by atoms with Gasteiger partial charge in [-0.1, -0.05) is 13.3 Å². The second-order valence-electron chi connectivity index (χ2n) is 7.52. The molecule has 0 spiro atoms. The molecule has 4 rings (SSSR count). The van der Waals surface area contributed by atoms with Crippen molar-refractivity contribution in [1.29, 1.82) is 0 Å². The highest BCUT2D eigenvalue weighted by atomic mass is 16.1. The molecule has 0 radical (unpaired) electrons. The van der Waals surface area contributed by atoms with Gasteiger partial charge in [0.05, 0.1) is 5.56 Å². The molecule has 1 aliphatic rings. The number of imidazole rings is 1. The van der Waals surface area contributed by atoms with Crippen LogP contribution in [0.3, 0.4) is 0 Å². The number of amides is 1. The predicted octanol–water partition coefficient (Wildman–Crippen LogP) is 2.73. The summed E-state index contributed by atoms with van der Waals surface area (Å²) in [5.74, 6) is 1.26. The van der Waals surface area contributed by atoms with Crippen LogP contribution in [-0.2, 0) is 19.5 Å². The molecule has 142 valence electrons. The van der Waals surface area contributed by atoms with E-state index in [1.54, 1.807) is 6.20 Å². The third-order valence-electron chi connectivity index (χ3n) is 5.11. The van der Waals surface area contributed by atoms with Crippen molar-refractivity contribution in [3.8, 4) is 0 Å². The molecule has 0 aliphatic carbocycles. The third-order valence-corrected chi connectivity index (χ3v) is 5.11. The van der Waals surface area contributed by atoms with Crippen molar-refractivity contribution in [3.63, 3.8) is 0 Å². The van der Waals surface area contributed by atoms with Crippen molar-refractivity contribution < 1.29 is 4.79 Å². The van der Waals surface area contributed by atoms with Crippen molar-refractivity contribution in [2.24, 2.45) is 5.92 Å². The zero-order valence-electron chi connectivity index (χ0n) is 16.0. The van der Waals surface area contributed by atoms with E-state index in [4.69, 9.17) is 4.98 Å². The lowest BCUT2D eigenvalue weighted by molar-refractivity contribution is 0.0948. The van der Waals surface area contributed by atoms with E-state index in [1.807, 2.05) is 29.9 Å². The van der Waals surface area contributed by atoms with E-state index < -0.39 is 0 Å². The lowest BCUT2D eigenvalue weighted by Crippen LogP contribution is -2.30. The standard InChI is InChI=1S/C20H26N6O/c1-14(13-25-9-6-8-22-25)12-21-20(27)16-11-15(2)23-19-18(16)24-17-7-4-3-5-10-26(17)19/h6,8-9,11,14H,3-5,7,10,12-13H2,1-2H3,(H,21,27). The third kappa shape index (κ3) is 3.72. The van der Waals surface area contributed by atoms with Gasteiger partial charge in [0.15, 0.2) is 5.65 Å². The van der Waals surface area contributed by atoms with Gasteiger partial charge in [-0.25, -0.2) is 9.97 Å². The Bertz CT molecular complexity index is 943. The van der Waals surface area contributed by atoms with Gasteiger partial charge < -0.3 is 9.88 Å². The molecule has 0 saturated carbocycles. The molecule has 0 bridgehead atoms. The molecule has 1 N–H and O–H groups in total. The molecule has 1 unspecified atom stereocenters. The molecule has 0 aromatic carbocycles. The van der Waals surface area contributed by atoms with Gasteiger partial charge >= 0.3 is 0 Å². The lowest BCUT2D eigenvalue weighted by Gasteiger charge is -2.13. The van der Waals surface area contributed by atoms with Crippen molar-refractivity contribution in [2.45, 2.75) is 52.6 Å². The number of aryl methyl sites for hydroxylation is 3. The number of carbonyl (C=O) groups excluding carboxylic acids is 1. The molecule has 27 heavy (non-hydrogen) atoms. The molecule has 7 nitrogen and oxygen atoms in total. The maximum atomic E-state index is 12.9. The van der Waals surface area contributed by atoms with Crippen molar-refractivity contribution >= 4 is 17.1 Å². The van der Waals surface area contributed by atoms with Gasteiger partial charge in [0.2, 0.25) is 0 Å². The van der Waals surface area contributed by atoms with Gasteiger partial charge in [-0.15, -0.1) is 0 Å². The van der Waals surface area contributed by atoms with Gasteiger partial charge in [-0.3, -0.25) is 9.48 Å². The first-order valence-electron chi connectivity index (χ1n) is 9.74. The fourth-order valence-corrected chi connectivity index (χ4v) is 3.74. The normalized spacial score (nSPS) is 15.3. The number of nitrogens with zero attached hydrogens (tertiary/aromatic N) is 5. The van der Waals surface area contributed by atoms with Crippen molar-refractivity contribution in [3.05, 3.63) is 41.6 Å². The smallest absolute Gasteiger partial charge is 0.253 e. The van der Waals surface area contributed by atoms with Crippen LogP contribution in [0.25, 0.3) is 11.2 Å². The van der Waals surface area contributed by atoms with E-state index in [1.165, 1.54) is 6.42 Å². The Morgan fingerprint density at radius 3 is 3.00 bits per heavy atom. The maximum absolute atomic E-state index is 12.9. The molecular formula is C20H26N6O. The van der Waals surface area contributed by atoms with E-state index in [0.717, 1.165) is 55.0 Å². The zero-order valence-corrected chi connectivity index (χ0v) is 16.0. The van der Waals surface area contributed by atoms with E-state index in [9.17, 15) is 4.79 Å². The largest absolute Gasteiger partial charge is 0.352 e. The van der Waals surface area contributed by atoms with E-state index in [0.29, 0.717) is 12.1 Å². The number of nitrogens with one attached hydrogen (secondary N) is 1. The number of hydrogen-bond donors (Lipinski definition) is 1. The Kier molecular flexibility index (Phi) is 4.92. The molecule has 3 aromatic rings. The summed E-state index contributed by atoms with van der Waals surface area (Å²) in [6, 6.07) is 3.76. The Balaban J connectivity index is 1.54. The van der Waals surface area contributed by atoms with Gasteiger partial charge in [0.1, 0.15) is 11.3 Å². The minimum atomic E-state index is -0.0777. The quantitative estimate of drug-likeness (QED) is 0.753. The predicted molar refractivity (Wildman–Crippen MR) is 104 cm³/mol. The summed E-state index contributed by atoms with van der Waals surface area (Å²) < 4.78 is 4.09. The van der Waals surface area contributed by atoms with Gasteiger partial charge in [-0.05, 0) is 37.8 Å². The van der Waals surface area contributed by atoms with Crippen LogP contribution in [-0.4, -0.2) is 36.8 Å². The monoisotopic (exact) mass is 366 g/mol. The average molecular weight is 366 g/mol. The minimum absolute atomic E-state index is 0.0777. The van der Waals surface area contributed by atoms with E-state index >= 15 is 0 Å². The summed E-state index contributed by atoms with van der Waals surface area (Å²) in [7, 11) is 0. The van der Waals surface area contributed by atoms with Gasteiger partial charge in [0.25, 0.3) is 5.91 Å². The number of rotatable bonds is 5. The summed E-state index contributed by atoms with van der Waals surface area (Å²) >= 11 is 0. The fraction of sp³-hybridized carbons (Fsp3) is 0.500. The molecule has 1 amide bonds. The fourth-order valence-electron chi connectivity index (χ4n) is 3.74. The van der Waals surface area contributed by atoms with Crippen LogP contribution in [0.5, 0.6) is 0 Å². The summed E-state index contributed by atoms with van der Waals surface area (Å²) in [6.07, 6.45) is 8.17. The van der Waals surface area contributed by atoms with Crippen LogP contribution in [0.1, 0.15) is 48.1 Å². The van der Waals surface area contributed by atoms with E-state index in [-0.39, 0.29) is 11.8 Å². The highest BCUT2D eigenvalue weighted by Crippen LogP contribution is 2.24. The Labute approximate surface area is 158 Å². The average Bonchev–Trinajstić information content (AvgIpc) is 3.20. The summed E-state index contributed by atoms with van der Waals surface area (Å²) in [5.41, 5.74) is 3.06. The molecule has 0 saturated heterocycles. The Hall–Kier alpha value is -2.70. The van der Waals surface area contributed by atoms with Crippen LogP contribution in [0.4, 0.5) is 0 Å². The maximum Gasteiger partial charge on any atom is 0.253 e. The molecule has 0 fully saturated rings. The molecule has 1 atom stereocenters. The number of hydrogen-bond acceptors (Lipinski definition) is 4. The first kappa shape index (κ1) is 17.7. The molecular weight excluding hydrogens is 340 g/mol. The van der Waals surface area contributed by atoms with Crippen LogP contribution in [0.2, 0.25) is 0 Å².